The highest BCUT2D eigenvalue weighted by Crippen LogP contribution is 2.41. The Hall–Kier alpha value is -2.06. The summed E-state index contributed by atoms with van der Waals surface area (Å²) in [5, 5.41) is 15.1. The van der Waals surface area contributed by atoms with Crippen molar-refractivity contribution in [1.29, 1.82) is 0 Å². The summed E-state index contributed by atoms with van der Waals surface area (Å²) in [5.41, 5.74) is 0.624. The van der Waals surface area contributed by atoms with Gasteiger partial charge in [0.25, 0.3) is 0 Å². The highest BCUT2D eigenvalue weighted by molar-refractivity contribution is 7.17. The molecule has 0 spiro atoms. The lowest BCUT2D eigenvalue weighted by atomic mass is 9.95. The van der Waals surface area contributed by atoms with Crippen molar-refractivity contribution in [3.63, 3.8) is 0 Å². The summed E-state index contributed by atoms with van der Waals surface area (Å²) in [6, 6.07) is 3.61. The van der Waals surface area contributed by atoms with Gasteiger partial charge in [0.15, 0.2) is 17.5 Å². The first-order chi connectivity index (χ1) is 13.0. The quantitative estimate of drug-likeness (QED) is 0.724. The first-order valence-electron chi connectivity index (χ1n) is 9.24. The van der Waals surface area contributed by atoms with E-state index in [1.807, 2.05) is 6.92 Å². The zero-order chi connectivity index (χ0) is 19.1. The minimum absolute atomic E-state index is 0.0237. The Labute approximate surface area is 160 Å². The molecule has 0 radical (unpaired) electrons. The van der Waals surface area contributed by atoms with Crippen LogP contribution in [0.25, 0.3) is 4.96 Å². The summed E-state index contributed by atoms with van der Waals surface area (Å²) in [6.07, 6.45) is 2.74. The average molecular weight is 392 g/mol. The molecule has 0 bridgehead atoms. The topological polar surface area (TPSA) is 53.7 Å². The summed E-state index contributed by atoms with van der Waals surface area (Å²) < 4.78 is 28.9. The molecule has 1 aliphatic heterocycles. The zero-order valence-corrected chi connectivity index (χ0v) is 16.1. The van der Waals surface area contributed by atoms with E-state index in [4.69, 9.17) is 0 Å². The molecule has 0 amide bonds. The molecule has 4 rings (SSSR count). The number of aryl methyl sites for hydroxylation is 1. The van der Waals surface area contributed by atoms with Crippen LogP contribution < -0.4 is 0 Å². The van der Waals surface area contributed by atoms with Gasteiger partial charge >= 0.3 is 0 Å². The monoisotopic (exact) mass is 392 g/mol. The molecular weight excluding hydrogens is 370 g/mol. The van der Waals surface area contributed by atoms with Crippen LogP contribution in [0.15, 0.2) is 18.2 Å². The fourth-order valence-corrected chi connectivity index (χ4v) is 4.75. The number of nitrogens with zero attached hydrogens (tertiary/aromatic N) is 4. The Balaban J connectivity index is 1.80. The average Bonchev–Trinajstić information content (AvgIpc) is 3.19. The molecule has 1 N–H and O–H groups in total. The molecule has 1 atom stereocenters. The number of aromatic hydroxyl groups is 1. The van der Waals surface area contributed by atoms with Gasteiger partial charge in [-0.25, -0.2) is 13.8 Å². The molecule has 1 aromatic carbocycles. The standard InChI is InChI=1S/C19H22F2N4OS/c1-3-15-22-19-25(23-15)18(26)17(27-19)16(24-8-6-11(2)7-9-24)12-4-5-13(20)14(21)10-12/h4-5,10-11,16,26H,3,6-9H2,1-2H3/t16-/m0/s1. The molecule has 8 heteroatoms. The SMILES string of the molecule is CCc1nc2sc([C@H](c3ccc(F)c(F)c3)N3CCC(C)CC3)c(O)n2n1. The van der Waals surface area contributed by atoms with Crippen molar-refractivity contribution in [2.24, 2.45) is 5.92 Å². The van der Waals surface area contributed by atoms with E-state index in [2.05, 4.69) is 21.9 Å². The molecule has 5 nitrogen and oxygen atoms in total. The van der Waals surface area contributed by atoms with E-state index in [9.17, 15) is 13.9 Å². The van der Waals surface area contributed by atoms with Gasteiger partial charge in [-0.2, -0.15) is 4.52 Å². The van der Waals surface area contributed by atoms with E-state index in [1.165, 1.54) is 21.9 Å². The Morgan fingerprint density at radius 1 is 1.26 bits per heavy atom. The number of aromatic nitrogens is 3. The van der Waals surface area contributed by atoms with Crippen LogP contribution in [0.3, 0.4) is 0 Å². The molecule has 2 aromatic heterocycles. The van der Waals surface area contributed by atoms with Gasteiger partial charge in [0, 0.05) is 6.42 Å². The molecule has 1 aliphatic rings. The zero-order valence-electron chi connectivity index (χ0n) is 15.3. The Morgan fingerprint density at radius 3 is 2.63 bits per heavy atom. The summed E-state index contributed by atoms with van der Waals surface area (Å²) in [4.78, 5) is 7.93. The lowest BCUT2D eigenvalue weighted by Crippen LogP contribution is -2.36. The van der Waals surface area contributed by atoms with Crippen LogP contribution in [-0.4, -0.2) is 37.7 Å². The Kier molecular flexibility index (Phi) is 4.86. The summed E-state index contributed by atoms with van der Waals surface area (Å²) in [6.45, 7) is 5.84. The summed E-state index contributed by atoms with van der Waals surface area (Å²) >= 11 is 1.35. The number of likely N-dealkylation sites (tertiary alicyclic amines) is 1. The molecule has 0 unspecified atom stereocenters. The summed E-state index contributed by atoms with van der Waals surface area (Å²) in [5.74, 6) is -0.427. The van der Waals surface area contributed by atoms with Crippen molar-refractivity contribution < 1.29 is 13.9 Å². The minimum atomic E-state index is -0.880. The smallest absolute Gasteiger partial charge is 0.230 e. The highest BCUT2D eigenvalue weighted by atomic mass is 32.1. The first-order valence-corrected chi connectivity index (χ1v) is 10.1. The molecule has 1 fully saturated rings. The third-order valence-corrected chi connectivity index (χ3v) is 6.32. The number of benzene rings is 1. The maximum absolute atomic E-state index is 13.9. The molecule has 3 aromatic rings. The molecule has 0 saturated carbocycles. The van der Waals surface area contributed by atoms with Crippen LogP contribution in [0.1, 0.15) is 49.0 Å². The number of piperidine rings is 1. The van der Waals surface area contributed by atoms with Gasteiger partial charge < -0.3 is 5.11 Å². The fourth-order valence-electron chi connectivity index (χ4n) is 3.62. The van der Waals surface area contributed by atoms with Crippen LogP contribution in [-0.2, 0) is 6.42 Å². The molecule has 0 aliphatic carbocycles. The first kappa shape index (κ1) is 18.3. The number of thiazole rings is 1. The third kappa shape index (κ3) is 3.32. The van der Waals surface area contributed by atoms with E-state index >= 15 is 0 Å². The van der Waals surface area contributed by atoms with Gasteiger partial charge in [0.05, 0.1) is 10.9 Å². The predicted octanol–water partition coefficient (Wildman–Crippen LogP) is 4.16. The van der Waals surface area contributed by atoms with E-state index in [0.717, 1.165) is 32.0 Å². The second-order valence-electron chi connectivity index (χ2n) is 7.16. The lowest BCUT2D eigenvalue weighted by molar-refractivity contribution is 0.157. The molecule has 144 valence electrons. The van der Waals surface area contributed by atoms with Crippen molar-refractivity contribution in [3.05, 3.63) is 46.1 Å². The highest BCUT2D eigenvalue weighted by Gasteiger charge is 2.32. The minimum Gasteiger partial charge on any atom is -0.492 e. The van der Waals surface area contributed by atoms with Gasteiger partial charge in [0.1, 0.15) is 0 Å². The van der Waals surface area contributed by atoms with E-state index < -0.39 is 11.6 Å². The van der Waals surface area contributed by atoms with Gasteiger partial charge in [-0.15, -0.1) is 5.10 Å². The van der Waals surface area contributed by atoms with Crippen molar-refractivity contribution in [1.82, 2.24) is 19.5 Å². The lowest BCUT2D eigenvalue weighted by Gasteiger charge is -2.36. The largest absolute Gasteiger partial charge is 0.492 e. The van der Waals surface area contributed by atoms with Crippen molar-refractivity contribution >= 4 is 16.3 Å². The number of halogens is 2. The molecule has 1 saturated heterocycles. The summed E-state index contributed by atoms with van der Waals surface area (Å²) in [7, 11) is 0. The molecular formula is C19H22F2N4OS. The van der Waals surface area contributed by atoms with Crippen LogP contribution in [0.2, 0.25) is 0 Å². The van der Waals surface area contributed by atoms with E-state index in [1.54, 1.807) is 6.07 Å². The van der Waals surface area contributed by atoms with Crippen LogP contribution in [0, 0.1) is 17.6 Å². The fraction of sp³-hybridized carbons (Fsp3) is 0.474. The third-order valence-electron chi connectivity index (χ3n) is 5.25. The van der Waals surface area contributed by atoms with Crippen LogP contribution in [0.5, 0.6) is 5.88 Å². The van der Waals surface area contributed by atoms with E-state index in [0.29, 0.717) is 33.6 Å². The number of fused-ring (bicyclic) bond motifs is 1. The van der Waals surface area contributed by atoms with Gasteiger partial charge in [-0.3, -0.25) is 4.90 Å². The van der Waals surface area contributed by atoms with Crippen molar-refractivity contribution in [2.75, 3.05) is 13.1 Å². The predicted molar refractivity (Wildman–Crippen MR) is 100 cm³/mol. The second kappa shape index (κ2) is 7.16. The maximum Gasteiger partial charge on any atom is 0.230 e. The number of rotatable bonds is 4. The van der Waals surface area contributed by atoms with Crippen molar-refractivity contribution in [3.8, 4) is 5.88 Å². The van der Waals surface area contributed by atoms with E-state index in [-0.39, 0.29) is 11.9 Å². The normalized spacial score (nSPS) is 17.6. The Morgan fingerprint density at radius 2 is 2.00 bits per heavy atom. The number of hydrogen-bond acceptors (Lipinski definition) is 5. The second-order valence-corrected chi connectivity index (χ2v) is 8.17. The van der Waals surface area contributed by atoms with Gasteiger partial charge in [-0.1, -0.05) is 31.3 Å². The number of hydrogen-bond donors (Lipinski definition) is 1. The van der Waals surface area contributed by atoms with Gasteiger partial charge in [-0.05, 0) is 49.5 Å². The van der Waals surface area contributed by atoms with Crippen molar-refractivity contribution in [2.45, 2.75) is 39.2 Å². The van der Waals surface area contributed by atoms with Crippen LogP contribution in [0.4, 0.5) is 8.78 Å². The molecule has 27 heavy (non-hydrogen) atoms. The molecule has 3 heterocycles. The van der Waals surface area contributed by atoms with Crippen LogP contribution >= 0.6 is 11.3 Å². The van der Waals surface area contributed by atoms with Gasteiger partial charge in [0.2, 0.25) is 10.8 Å². The maximum atomic E-state index is 13.9. The Bertz CT molecular complexity index is 962.